The Bertz CT molecular complexity index is 710. The third-order valence-electron chi connectivity index (χ3n) is 3.60. The highest BCUT2D eigenvalue weighted by molar-refractivity contribution is 7.90. The Hall–Kier alpha value is -2.20. The van der Waals surface area contributed by atoms with E-state index in [1.807, 2.05) is 54.6 Å². The third-order valence-corrected chi connectivity index (χ3v) is 5.04. The van der Waals surface area contributed by atoms with Crippen molar-refractivity contribution in [2.24, 2.45) is 0 Å². The van der Waals surface area contributed by atoms with Gasteiger partial charge in [-0.1, -0.05) is 54.6 Å². The predicted molar refractivity (Wildman–Crippen MR) is 87.4 cm³/mol. The average molecular weight is 311 g/mol. The van der Waals surface area contributed by atoms with Crippen LogP contribution in [-0.2, 0) is 22.1 Å². The van der Waals surface area contributed by atoms with Crippen molar-refractivity contribution in [1.82, 2.24) is 4.90 Å². The van der Waals surface area contributed by atoms with Crippen molar-refractivity contribution in [3.05, 3.63) is 77.2 Å². The molecule has 0 aromatic heterocycles. The molecule has 112 valence electrons. The molecule has 1 aliphatic rings. The molecule has 1 unspecified atom stereocenters. The smallest absolute Gasteiger partial charge is 0.263 e. The Morgan fingerprint density at radius 2 is 1.59 bits per heavy atom. The monoisotopic (exact) mass is 311 g/mol. The van der Waals surface area contributed by atoms with Gasteiger partial charge in [-0.15, -0.1) is 0 Å². The van der Waals surface area contributed by atoms with Gasteiger partial charge in [0.25, 0.3) is 5.91 Å². The van der Waals surface area contributed by atoms with Gasteiger partial charge in [0.05, 0.1) is 10.8 Å². The van der Waals surface area contributed by atoms with Crippen molar-refractivity contribution in [2.75, 3.05) is 6.54 Å². The highest BCUT2D eigenvalue weighted by Crippen LogP contribution is 2.22. The summed E-state index contributed by atoms with van der Waals surface area (Å²) in [5.74, 6) is -0.128. The summed E-state index contributed by atoms with van der Waals surface area (Å²) in [5, 5.41) is 0. The average Bonchev–Trinajstić information content (AvgIpc) is 2.58. The highest BCUT2D eigenvalue weighted by atomic mass is 32.2. The van der Waals surface area contributed by atoms with Crippen LogP contribution in [0.4, 0.5) is 0 Å². The van der Waals surface area contributed by atoms with Gasteiger partial charge in [-0.2, -0.15) is 0 Å². The van der Waals surface area contributed by atoms with Gasteiger partial charge in [-0.3, -0.25) is 4.79 Å². The number of carbonyl (C=O) groups excluding carboxylic acids is 1. The zero-order valence-corrected chi connectivity index (χ0v) is 13.0. The summed E-state index contributed by atoms with van der Waals surface area (Å²) in [4.78, 5) is 15.4. The van der Waals surface area contributed by atoms with Crippen LogP contribution in [0.5, 0.6) is 0 Å². The second-order valence-electron chi connectivity index (χ2n) is 5.15. The molecule has 0 aliphatic carbocycles. The summed E-state index contributed by atoms with van der Waals surface area (Å²) >= 11 is 0. The van der Waals surface area contributed by atoms with Gasteiger partial charge < -0.3 is 4.90 Å². The molecule has 1 heterocycles. The molecule has 4 heteroatoms. The van der Waals surface area contributed by atoms with E-state index in [1.165, 1.54) is 0 Å². The Balaban J connectivity index is 1.78. The topological polar surface area (TPSA) is 37.4 Å². The molecule has 0 saturated carbocycles. The largest absolute Gasteiger partial charge is 0.333 e. The highest BCUT2D eigenvalue weighted by Gasteiger charge is 2.26. The van der Waals surface area contributed by atoms with Gasteiger partial charge in [0.1, 0.15) is 4.91 Å². The number of nitrogens with zero attached hydrogens (tertiary/aromatic N) is 1. The molecule has 0 spiro atoms. The van der Waals surface area contributed by atoms with Crippen LogP contribution in [0.2, 0.25) is 0 Å². The van der Waals surface area contributed by atoms with Crippen LogP contribution in [0.15, 0.2) is 76.5 Å². The van der Waals surface area contributed by atoms with Crippen LogP contribution in [0.3, 0.4) is 0 Å². The lowest BCUT2D eigenvalue weighted by molar-refractivity contribution is -0.127. The lowest BCUT2D eigenvalue weighted by Crippen LogP contribution is -2.36. The lowest BCUT2D eigenvalue weighted by atomic mass is 10.1. The summed E-state index contributed by atoms with van der Waals surface area (Å²) in [6.07, 6.45) is 2.55. The van der Waals surface area contributed by atoms with Crippen molar-refractivity contribution in [3.63, 3.8) is 0 Å². The van der Waals surface area contributed by atoms with Crippen molar-refractivity contribution >= 4 is 16.7 Å². The third kappa shape index (κ3) is 3.17. The molecule has 0 bridgehead atoms. The van der Waals surface area contributed by atoms with Crippen LogP contribution in [0, 0.1) is 0 Å². The number of rotatable bonds is 4. The quantitative estimate of drug-likeness (QED) is 0.870. The first kappa shape index (κ1) is 14.7. The first-order valence-corrected chi connectivity index (χ1v) is 8.41. The van der Waals surface area contributed by atoms with E-state index in [4.69, 9.17) is 0 Å². The lowest BCUT2D eigenvalue weighted by Gasteiger charge is -2.26. The first-order chi connectivity index (χ1) is 10.8. The molecule has 1 aliphatic heterocycles. The van der Waals surface area contributed by atoms with E-state index in [1.54, 1.807) is 17.0 Å². The van der Waals surface area contributed by atoms with E-state index in [9.17, 15) is 9.00 Å². The van der Waals surface area contributed by atoms with E-state index < -0.39 is 10.8 Å². The molecule has 1 atom stereocenters. The normalized spacial score (nSPS) is 16.3. The Kier molecular flexibility index (Phi) is 4.49. The molecule has 0 N–H and O–H groups in total. The fourth-order valence-electron chi connectivity index (χ4n) is 2.48. The minimum absolute atomic E-state index is 0.128. The Morgan fingerprint density at radius 1 is 0.955 bits per heavy atom. The van der Waals surface area contributed by atoms with E-state index in [0.717, 1.165) is 12.0 Å². The Labute approximate surface area is 132 Å². The molecular weight excluding hydrogens is 294 g/mol. The van der Waals surface area contributed by atoms with Gasteiger partial charge >= 0.3 is 0 Å². The zero-order chi connectivity index (χ0) is 15.4. The number of carbonyl (C=O) groups is 1. The van der Waals surface area contributed by atoms with Gasteiger partial charge in [-0.05, 0) is 24.1 Å². The molecule has 2 aromatic carbocycles. The van der Waals surface area contributed by atoms with E-state index in [0.29, 0.717) is 22.9 Å². The minimum atomic E-state index is -1.41. The summed E-state index contributed by atoms with van der Waals surface area (Å²) < 4.78 is 12.6. The fourth-order valence-corrected chi connectivity index (χ4v) is 3.69. The van der Waals surface area contributed by atoms with Crippen LogP contribution in [-0.4, -0.2) is 21.6 Å². The molecular formula is C18H17NO2S. The molecule has 0 radical (unpaired) electrons. The van der Waals surface area contributed by atoms with E-state index in [-0.39, 0.29) is 5.91 Å². The molecule has 22 heavy (non-hydrogen) atoms. The number of hydrogen-bond acceptors (Lipinski definition) is 2. The summed E-state index contributed by atoms with van der Waals surface area (Å²) in [6.45, 7) is 1.23. The molecule has 3 nitrogen and oxygen atoms in total. The van der Waals surface area contributed by atoms with Crippen LogP contribution in [0.1, 0.15) is 12.0 Å². The summed E-state index contributed by atoms with van der Waals surface area (Å²) in [6, 6.07) is 19.0. The van der Waals surface area contributed by atoms with Crippen LogP contribution < -0.4 is 0 Å². The first-order valence-electron chi connectivity index (χ1n) is 7.26. The standard InChI is InChI=1S/C18H17NO2S/c20-18-17(22(21)16-10-5-2-6-11-16)12-7-13-19(18)14-15-8-3-1-4-9-15/h1-6,8-12H,7,13-14H2. The number of amides is 1. The van der Waals surface area contributed by atoms with Crippen molar-refractivity contribution in [2.45, 2.75) is 17.9 Å². The minimum Gasteiger partial charge on any atom is -0.333 e. The molecule has 0 fully saturated rings. The number of hydrogen-bond donors (Lipinski definition) is 0. The maximum atomic E-state index is 12.6. The van der Waals surface area contributed by atoms with Crippen LogP contribution in [0.25, 0.3) is 0 Å². The maximum absolute atomic E-state index is 12.6. The van der Waals surface area contributed by atoms with Crippen LogP contribution >= 0.6 is 0 Å². The molecule has 0 saturated heterocycles. The fraction of sp³-hybridized carbons (Fsp3) is 0.167. The SMILES string of the molecule is O=C1C(S(=O)c2ccccc2)=CCCN1Cc1ccccc1. The number of benzene rings is 2. The molecule has 3 rings (SSSR count). The van der Waals surface area contributed by atoms with Gasteiger partial charge in [0.15, 0.2) is 0 Å². The van der Waals surface area contributed by atoms with Crippen molar-refractivity contribution < 1.29 is 9.00 Å². The summed E-state index contributed by atoms with van der Waals surface area (Å²) in [5.41, 5.74) is 1.09. The van der Waals surface area contributed by atoms with Gasteiger partial charge in [-0.25, -0.2) is 4.21 Å². The molecule has 2 aromatic rings. The molecule has 1 amide bonds. The van der Waals surface area contributed by atoms with Gasteiger partial charge in [0, 0.05) is 18.0 Å². The predicted octanol–water partition coefficient (Wildman–Crippen LogP) is 3.11. The maximum Gasteiger partial charge on any atom is 0.263 e. The van der Waals surface area contributed by atoms with Gasteiger partial charge in [0.2, 0.25) is 0 Å². The van der Waals surface area contributed by atoms with Crippen molar-refractivity contribution in [1.29, 1.82) is 0 Å². The zero-order valence-electron chi connectivity index (χ0n) is 12.1. The Morgan fingerprint density at radius 3 is 2.27 bits per heavy atom. The summed E-state index contributed by atoms with van der Waals surface area (Å²) in [7, 11) is -1.41. The van der Waals surface area contributed by atoms with Crippen molar-refractivity contribution in [3.8, 4) is 0 Å². The van der Waals surface area contributed by atoms with E-state index >= 15 is 0 Å². The second-order valence-corrected chi connectivity index (χ2v) is 6.60. The second kappa shape index (κ2) is 6.71. The van der Waals surface area contributed by atoms with E-state index in [2.05, 4.69) is 0 Å².